The van der Waals surface area contributed by atoms with Crippen LogP contribution >= 0.6 is 12.4 Å². The fraction of sp³-hybridized carbons (Fsp3) is 0.300. The van der Waals surface area contributed by atoms with Gasteiger partial charge in [0.15, 0.2) is 0 Å². The lowest BCUT2D eigenvalue weighted by atomic mass is 9.68. The summed E-state index contributed by atoms with van der Waals surface area (Å²) in [5.41, 5.74) is 2.81. The molecule has 1 atom stereocenters. The highest BCUT2D eigenvalue weighted by Gasteiger charge is 2.34. The second kappa shape index (κ2) is 7.13. The molecule has 0 N–H and O–H groups in total. The van der Waals surface area contributed by atoms with Crippen LogP contribution in [0.4, 0.5) is 0 Å². The van der Waals surface area contributed by atoms with Gasteiger partial charge < -0.3 is 4.90 Å². The van der Waals surface area contributed by atoms with E-state index >= 15 is 0 Å². The summed E-state index contributed by atoms with van der Waals surface area (Å²) in [6.07, 6.45) is 7.14. The SMILES string of the molecule is CN(C)C1C=CC(c2ccccc2)(c2ccccc2)CC1.Cl. The molecule has 2 aromatic carbocycles. The molecule has 1 aliphatic carbocycles. The quantitative estimate of drug-likeness (QED) is 0.744. The summed E-state index contributed by atoms with van der Waals surface area (Å²) < 4.78 is 0. The lowest BCUT2D eigenvalue weighted by Crippen LogP contribution is -2.35. The normalized spacial score (nSPS) is 19.7. The zero-order valence-corrected chi connectivity index (χ0v) is 14.1. The van der Waals surface area contributed by atoms with Gasteiger partial charge in [-0.1, -0.05) is 72.8 Å². The second-order valence-corrected chi connectivity index (χ2v) is 6.13. The van der Waals surface area contributed by atoms with Gasteiger partial charge in [0.25, 0.3) is 0 Å². The molecule has 0 saturated heterocycles. The van der Waals surface area contributed by atoms with E-state index in [9.17, 15) is 0 Å². The van der Waals surface area contributed by atoms with Crippen molar-refractivity contribution in [2.24, 2.45) is 0 Å². The third kappa shape index (κ3) is 3.11. The summed E-state index contributed by atoms with van der Waals surface area (Å²) in [6, 6.07) is 22.3. The molecule has 2 heteroatoms. The summed E-state index contributed by atoms with van der Waals surface area (Å²) in [5.74, 6) is 0. The van der Waals surface area contributed by atoms with Crippen LogP contribution in [0.3, 0.4) is 0 Å². The Morgan fingerprint density at radius 3 is 1.73 bits per heavy atom. The minimum Gasteiger partial charge on any atom is -0.303 e. The van der Waals surface area contributed by atoms with Gasteiger partial charge in [-0.3, -0.25) is 0 Å². The molecule has 2 aromatic rings. The first-order chi connectivity index (χ1) is 10.2. The summed E-state index contributed by atoms with van der Waals surface area (Å²) in [4.78, 5) is 2.30. The summed E-state index contributed by atoms with van der Waals surface area (Å²) in [5, 5.41) is 0. The fourth-order valence-electron chi connectivity index (χ4n) is 3.38. The average molecular weight is 314 g/mol. The van der Waals surface area contributed by atoms with Crippen molar-refractivity contribution in [3.63, 3.8) is 0 Å². The van der Waals surface area contributed by atoms with Gasteiger partial charge in [-0.05, 0) is 38.1 Å². The predicted molar refractivity (Wildman–Crippen MR) is 96.8 cm³/mol. The number of allylic oxidation sites excluding steroid dienone is 1. The van der Waals surface area contributed by atoms with Crippen molar-refractivity contribution in [2.45, 2.75) is 24.3 Å². The van der Waals surface area contributed by atoms with Crippen molar-refractivity contribution in [2.75, 3.05) is 14.1 Å². The van der Waals surface area contributed by atoms with Crippen LogP contribution in [0.1, 0.15) is 24.0 Å². The molecule has 1 aliphatic rings. The van der Waals surface area contributed by atoms with Crippen LogP contribution in [0.15, 0.2) is 72.8 Å². The monoisotopic (exact) mass is 313 g/mol. The molecule has 0 saturated carbocycles. The van der Waals surface area contributed by atoms with E-state index in [0.717, 1.165) is 6.42 Å². The minimum atomic E-state index is 0. The molecule has 1 unspecified atom stereocenters. The van der Waals surface area contributed by atoms with Crippen molar-refractivity contribution in [1.82, 2.24) is 4.90 Å². The van der Waals surface area contributed by atoms with Gasteiger partial charge in [0.05, 0.1) is 0 Å². The second-order valence-electron chi connectivity index (χ2n) is 6.13. The maximum absolute atomic E-state index is 2.42. The molecule has 0 amide bonds. The maximum Gasteiger partial charge on any atom is 0.0383 e. The third-order valence-corrected chi connectivity index (χ3v) is 4.68. The van der Waals surface area contributed by atoms with Crippen molar-refractivity contribution >= 4 is 12.4 Å². The number of nitrogens with zero attached hydrogens (tertiary/aromatic N) is 1. The van der Waals surface area contributed by atoms with E-state index < -0.39 is 0 Å². The number of rotatable bonds is 3. The molecule has 0 aromatic heterocycles. The van der Waals surface area contributed by atoms with E-state index in [1.54, 1.807) is 0 Å². The first-order valence-electron chi connectivity index (χ1n) is 7.69. The van der Waals surface area contributed by atoms with Crippen LogP contribution < -0.4 is 0 Å². The van der Waals surface area contributed by atoms with Gasteiger partial charge in [-0.2, -0.15) is 0 Å². The molecule has 0 spiro atoms. The first kappa shape index (κ1) is 16.8. The van der Waals surface area contributed by atoms with Crippen LogP contribution in [0.5, 0.6) is 0 Å². The number of hydrogen-bond acceptors (Lipinski definition) is 1. The van der Waals surface area contributed by atoms with Gasteiger partial charge in [0, 0.05) is 11.5 Å². The highest BCUT2D eigenvalue weighted by atomic mass is 35.5. The van der Waals surface area contributed by atoms with Crippen LogP contribution in [0.25, 0.3) is 0 Å². The smallest absolute Gasteiger partial charge is 0.0383 e. The van der Waals surface area contributed by atoms with Gasteiger partial charge >= 0.3 is 0 Å². The molecule has 116 valence electrons. The zero-order chi connectivity index (χ0) is 14.7. The molecule has 0 fully saturated rings. The first-order valence-corrected chi connectivity index (χ1v) is 7.69. The Morgan fingerprint density at radius 1 is 0.864 bits per heavy atom. The average Bonchev–Trinajstić information content (AvgIpc) is 2.56. The molecule has 22 heavy (non-hydrogen) atoms. The lowest BCUT2D eigenvalue weighted by Gasteiger charge is -2.38. The Bertz CT molecular complexity index is 565. The Hall–Kier alpha value is -1.57. The van der Waals surface area contributed by atoms with E-state index in [1.165, 1.54) is 17.5 Å². The van der Waals surface area contributed by atoms with Crippen LogP contribution in [0.2, 0.25) is 0 Å². The molecule has 0 heterocycles. The minimum absolute atomic E-state index is 0. The van der Waals surface area contributed by atoms with E-state index in [-0.39, 0.29) is 17.8 Å². The van der Waals surface area contributed by atoms with E-state index in [1.807, 2.05) is 0 Å². The highest BCUT2D eigenvalue weighted by Crippen LogP contribution is 2.41. The van der Waals surface area contributed by atoms with Crippen LogP contribution in [-0.2, 0) is 5.41 Å². The molecule has 0 aliphatic heterocycles. The zero-order valence-electron chi connectivity index (χ0n) is 13.3. The Morgan fingerprint density at radius 2 is 1.36 bits per heavy atom. The van der Waals surface area contributed by atoms with Gasteiger partial charge in [0.2, 0.25) is 0 Å². The molecular formula is C20H24ClN. The molecule has 3 rings (SSSR count). The molecular weight excluding hydrogens is 290 g/mol. The van der Waals surface area contributed by atoms with Gasteiger partial charge in [-0.25, -0.2) is 0 Å². The van der Waals surface area contributed by atoms with Crippen molar-refractivity contribution in [3.8, 4) is 0 Å². The summed E-state index contributed by atoms with van der Waals surface area (Å²) in [7, 11) is 4.32. The van der Waals surface area contributed by atoms with Crippen molar-refractivity contribution in [3.05, 3.63) is 83.9 Å². The molecule has 0 bridgehead atoms. The highest BCUT2D eigenvalue weighted by molar-refractivity contribution is 5.85. The van der Waals surface area contributed by atoms with Crippen molar-refractivity contribution in [1.29, 1.82) is 0 Å². The van der Waals surface area contributed by atoms with Crippen LogP contribution in [0, 0.1) is 0 Å². The number of benzene rings is 2. The van der Waals surface area contributed by atoms with Gasteiger partial charge in [-0.15, -0.1) is 12.4 Å². The fourth-order valence-corrected chi connectivity index (χ4v) is 3.38. The number of hydrogen-bond donors (Lipinski definition) is 0. The largest absolute Gasteiger partial charge is 0.303 e. The number of halogens is 1. The van der Waals surface area contributed by atoms with E-state index in [0.29, 0.717) is 6.04 Å². The van der Waals surface area contributed by atoms with Crippen molar-refractivity contribution < 1.29 is 0 Å². The standard InChI is InChI=1S/C20H23N.ClH/c1-21(2)19-13-15-20(16-14-19,17-9-5-3-6-10-17)18-11-7-4-8-12-18;/h3-13,15,19H,14,16H2,1-2H3;1H. The van der Waals surface area contributed by atoms with Gasteiger partial charge in [0.1, 0.15) is 0 Å². The lowest BCUT2D eigenvalue weighted by molar-refractivity contribution is 0.297. The predicted octanol–water partition coefficient (Wildman–Crippen LogP) is 4.67. The van der Waals surface area contributed by atoms with E-state index in [4.69, 9.17) is 0 Å². The third-order valence-electron chi connectivity index (χ3n) is 4.68. The topological polar surface area (TPSA) is 3.24 Å². The summed E-state index contributed by atoms with van der Waals surface area (Å²) >= 11 is 0. The molecule has 1 nitrogen and oxygen atoms in total. The van der Waals surface area contributed by atoms with Crippen LogP contribution in [-0.4, -0.2) is 25.0 Å². The van der Waals surface area contributed by atoms with E-state index in [2.05, 4.69) is 91.8 Å². The number of likely N-dealkylation sites (N-methyl/N-ethyl adjacent to an activating group) is 1. The Balaban J connectivity index is 0.00000176. The molecule has 0 radical (unpaired) electrons. The maximum atomic E-state index is 2.42. The summed E-state index contributed by atoms with van der Waals surface area (Å²) in [6.45, 7) is 0. The Labute approximate surface area is 140 Å². The Kier molecular flexibility index (Phi) is 5.44.